The van der Waals surface area contributed by atoms with Crippen molar-refractivity contribution >= 4 is 5.91 Å². The van der Waals surface area contributed by atoms with E-state index in [4.69, 9.17) is 5.10 Å². The molecule has 0 N–H and O–H groups in total. The molecular formula is C25H27FN4O. The first-order valence-corrected chi connectivity index (χ1v) is 11.1. The second kappa shape index (κ2) is 8.63. The van der Waals surface area contributed by atoms with Gasteiger partial charge >= 0.3 is 0 Å². The van der Waals surface area contributed by atoms with E-state index in [-0.39, 0.29) is 11.7 Å². The largest absolute Gasteiger partial charge is 0.336 e. The number of carbonyl (C=O) groups is 1. The molecule has 1 fully saturated rings. The second-order valence-electron chi connectivity index (χ2n) is 8.42. The van der Waals surface area contributed by atoms with Gasteiger partial charge in [0.1, 0.15) is 5.82 Å². The Hall–Kier alpha value is -2.99. The molecule has 1 aliphatic heterocycles. The minimum atomic E-state index is -0.270. The average Bonchev–Trinajstić information content (AvgIpc) is 3.32. The number of fused-ring (bicyclic) bond motifs is 1. The van der Waals surface area contributed by atoms with Crippen LogP contribution >= 0.6 is 0 Å². The van der Waals surface area contributed by atoms with Gasteiger partial charge in [0, 0.05) is 44.0 Å². The smallest absolute Gasteiger partial charge is 0.274 e. The van der Waals surface area contributed by atoms with Gasteiger partial charge in [0.25, 0.3) is 5.91 Å². The van der Waals surface area contributed by atoms with Crippen LogP contribution in [0.25, 0.3) is 5.69 Å². The predicted molar refractivity (Wildman–Crippen MR) is 118 cm³/mol. The van der Waals surface area contributed by atoms with Gasteiger partial charge in [0.15, 0.2) is 5.69 Å². The number of hydrogen-bond acceptors (Lipinski definition) is 3. The fraction of sp³-hybridized carbons (Fsp3) is 0.360. The Kier molecular flexibility index (Phi) is 5.55. The number of benzene rings is 2. The zero-order valence-corrected chi connectivity index (χ0v) is 17.6. The van der Waals surface area contributed by atoms with Crippen molar-refractivity contribution in [1.29, 1.82) is 0 Å². The fourth-order valence-electron chi connectivity index (χ4n) is 4.73. The molecule has 0 spiro atoms. The number of carbonyl (C=O) groups excluding carboxylic acids is 1. The lowest BCUT2D eigenvalue weighted by Gasteiger charge is -2.21. The first kappa shape index (κ1) is 19.9. The van der Waals surface area contributed by atoms with Gasteiger partial charge in [-0.1, -0.05) is 30.3 Å². The Labute approximate surface area is 182 Å². The molecule has 2 heterocycles. The second-order valence-corrected chi connectivity index (χ2v) is 8.42. The summed E-state index contributed by atoms with van der Waals surface area (Å²) in [5.74, 6) is -0.242. The molecule has 3 aromatic rings. The highest BCUT2D eigenvalue weighted by atomic mass is 19.1. The fourth-order valence-corrected chi connectivity index (χ4v) is 4.73. The van der Waals surface area contributed by atoms with Crippen LogP contribution in [-0.2, 0) is 19.4 Å². The van der Waals surface area contributed by atoms with Gasteiger partial charge in [0.2, 0.25) is 0 Å². The standard InChI is InChI=1S/C25H27FN4O/c26-20-10-12-21(13-11-20)30-23-9-4-8-22(23)24(27-30)25(31)29-15-5-14-28(16-17-29)18-19-6-2-1-3-7-19/h1-3,6-7,10-13H,4-5,8-9,14-18H2. The molecule has 0 saturated carbocycles. The molecule has 1 amide bonds. The van der Waals surface area contributed by atoms with Crippen LogP contribution in [0.4, 0.5) is 4.39 Å². The van der Waals surface area contributed by atoms with Crippen molar-refractivity contribution in [1.82, 2.24) is 19.6 Å². The third-order valence-electron chi connectivity index (χ3n) is 6.33. The third-order valence-corrected chi connectivity index (χ3v) is 6.33. The first-order chi connectivity index (χ1) is 15.2. The maximum atomic E-state index is 13.4. The Balaban J connectivity index is 1.33. The summed E-state index contributed by atoms with van der Waals surface area (Å²) in [5, 5.41) is 4.71. The highest BCUT2D eigenvalue weighted by Gasteiger charge is 2.30. The van der Waals surface area contributed by atoms with Crippen molar-refractivity contribution in [2.45, 2.75) is 32.2 Å². The van der Waals surface area contributed by atoms with Gasteiger partial charge in [-0.05, 0) is 55.5 Å². The van der Waals surface area contributed by atoms with Crippen LogP contribution in [0.5, 0.6) is 0 Å². The Morgan fingerprint density at radius 3 is 2.52 bits per heavy atom. The summed E-state index contributed by atoms with van der Waals surface area (Å²) in [4.78, 5) is 17.8. The molecule has 160 valence electrons. The van der Waals surface area contributed by atoms with Gasteiger partial charge in [-0.15, -0.1) is 0 Å². The molecular weight excluding hydrogens is 391 g/mol. The van der Waals surface area contributed by atoms with E-state index in [2.05, 4.69) is 29.2 Å². The van der Waals surface area contributed by atoms with Gasteiger partial charge in [-0.2, -0.15) is 5.10 Å². The number of rotatable bonds is 4. The molecule has 0 unspecified atom stereocenters. The third kappa shape index (κ3) is 4.12. The van der Waals surface area contributed by atoms with Gasteiger partial charge in [0.05, 0.1) is 5.69 Å². The van der Waals surface area contributed by atoms with Crippen molar-refractivity contribution in [3.8, 4) is 5.69 Å². The monoisotopic (exact) mass is 418 g/mol. The molecule has 0 atom stereocenters. The number of amides is 1. The van der Waals surface area contributed by atoms with Crippen molar-refractivity contribution in [2.24, 2.45) is 0 Å². The highest BCUT2D eigenvalue weighted by molar-refractivity contribution is 5.94. The predicted octanol–water partition coefficient (Wildman–Crippen LogP) is 3.85. The van der Waals surface area contributed by atoms with Gasteiger partial charge in [-0.25, -0.2) is 9.07 Å². The van der Waals surface area contributed by atoms with E-state index in [1.807, 2.05) is 15.6 Å². The molecule has 0 bridgehead atoms. The van der Waals surface area contributed by atoms with E-state index < -0.39 is 0 Å². The number of hydrogen-bond donors (Lipinski definition) is 0. The summed E-state index contributed by atoms with van der Waals surface area (Å²) in [6.07, 6.45) is 3.77. The summed E-state index contributed by atoms with van der Waals surface area (Å²) in [6, 6.07) is 16.8. The van der Waals surface area contributed by atoms with Crippen molar-refractivity contribution in [3.05, 3.63) is 82.9 Å². The summed E-state index contributed by atoms with van der Waals surface area (Å²) >= 11 is 0. The van der Waals surface area contributed by atoms with E-state index in [0.717, 1.165) is 68.8 Å². The zero-order valence-electron chi connectivity index (χ0n) is 17.6. The minimum absolute atomic E-state index is 0.0283. The Morgan fingerprint density at radius 2 is 1.71 bits per heavy atom. The topological polar surface area (TPSA) is 41.4 Å². The van der Waals surface area contributed by atoms with Crippen LogP contribution in [0.3, 0.4) is 0 Å². The molecule has 1 saturated heterocycles. The lowest BCUT2D eigenvalue weighted by molar-refractivity contribution is 0.0753. The molecule has 31 heavy (non-hydrogen) atoms. The SMILES string of the molecule is O=C(c1nn(-c2ccc(F)cc2)c2c1CCC2)N1CCCN(Cc2ccccc2)CC1. The average molecular weight is 419 g/mol. The summed E-state index contributed by atoms with van der Waals surface area (Å²) < 4.78 is 15.2. The summed E-state index contributed by atoms with van der Waals surface area (Å²) in [7, 11) is 0. The lowest BCUT2D eigenvalue weighted by Crippen LogP contribution is -2.35. The zero-order chi connectivity index (χ0) is 21.2. The summed E-state index contributed by atoms with van der Waals surface area (Å²) in [6.45, 7) is 4.23. The van der Waals surface area contributed by atoms with E-state index in [1.54, 1.807) is 12.1 Å². The number of aromatic nitrogens is 2. The molecule has 6 heteroatoms. The Bertz CT molecular complexity index is 1060. The van der Waals surface area contributed by atoms with Crippen molar-refractivity contribution < 1.29 is 9.18 Å². The highest BCUT2D eigenvalue weighted by Crippen LogP contribution is 2.29. The molecule has 2 aromatic carbocycles. The molecule has 0 radical (unpaired) electrons. The lowest BCUT2D eigenvalue weighted by atomic mass is 10.2. The molecule has 2 aliphatic rings. The maximum absolute atomic E-state index is 13.4. The van der Waals surface area contributed by atoms with Crippen LogP contribution < -0.4 is 0 Å². The van der Waals surface area contributed by atoms with Gasteiger partial charge < -0.3 is 4.90 Å². The number of nitrogens with zero attached hydrogens (tertiary/aromatic N) is 4. The van der Waals surface area contributed by atoms with Crippen LogP contribution in [-0.4, -0.2) is 51.7 Å². The van der Waals surface area contributed by atoms with E-state index in [0.29, 0.717) is 12.2 Å². The molecule has 1 aromatic heterocycles. The molecule has 5 rings (SSSR count). The minimum Gasteiger partial charge on any atom is -0.336 e. The van der Waals surface area contributed by atoms with Crippen molar-refractivity contribution in [3.63, 3.8) is 0 Å². The Morgan fingerprint density at radius 1 is 0.903 bits per heavy atom. The molecule has 1 aliphatic carbocycles. The van der Waals surface area contributed by atoms with E-state index >= 15 is 0 Å². The van der Waals surface area contributed by atoms with Crippen LogP contribution in [0.15, 0.2) is 54.6 Å². The maximum Gasteiger partial charge on any atom is 0.274 e. The van der Waals surface area contributed by atoms with E-state index in [9.17, 15) is 9.18 Å². The van der Waals surface area contributed by atoms with Gasteiger partial charge in [-0.3, -0.25) is 9.69 Å². The van der Waals surface area contributed by atoms with E-state index in [1.165, 1.54) is 17.7 Å². The van der Waals surface area contributed by atoms with Crippen LogP contribution in [0, 0.1) is 5.82 Å². The van der Waals surface area contributed by atoms with Crippen LogP contribution in [0.1, 0.15) is 40.2 Å². The van der Waals surface area contributed by atoms with Crippen molar-refractivity contribution in [2.75, 3.05) is 26.2 Å². The molecule has 5 nitrogen and oxygen atoms in total. The van der Waals surface area contributed by atoms with Crippen LogP contribution in [0.2, 0.25) is 0 Å². The normalized spacial score (nSPS) is 16.9. The first-order valence-electron chi connectivity index (χ1n) is 11.1. The summed E-state index contributed by atoms with van der Waals surface area (Å²) in [5.41, 5.74) is 4.85. The number of halogens is 1. The quantitative estimate of drug-likeness (QED) is 0.646.